The Bertz CT molecular complexity index is 1600. The number of hydrogen-bond donors (Lipinski definition) is 1. The van der Waals surface area contributed by atoms with E-state index in [2.05, 4.69) is 11.9 Å². The van der Waals surface area contributed by atoms with E-state index in [9.17, 15) is 14.7 Å². The SMILES string of the molecule is CCCCCOc1ccc(C2C(=C(O)c3cccc(OCCC)c3)C(=O)C(=O)N2c2nc3ccc(Cl)cc3s2)cc1. The van der Waals surface area contributed by atoms with Gasteiger partial charge in [-0.25, -0.2) is 4.98 Å². The van der Waals surface area contributed by atoms with Crippen LogP contribution in [0.1, 0.15) is 56.7 Å². The fraction of sp³-hybridized carbons (Fsp3) is 0.281. The van der Waals surface area contributed by atoms with Crippen molar-refractivity contribution in [3.05, 3.63) is 88.5 Å². The largest absolute Gasteiger partial charge is 0.507 e. The summed E-state index contributed by atoms with van der Waals surface area (Å²) in [6, 6.07) is 18.5. The number of amides is 1. The summed E-state index contributed by atoms with van der Waals surface area (Å²) < 4.78 is 12.4. The summed E-state index contributed by atoms with van der Waals surface area (Å²) in [6.45, 7) is 5.27. The van der Waals surface area contributed by atoms with Crippen LogP contribution in [-0.2, 0) is 9.59 Å². The van der Waals surface area contributed by atoms with E-state index in [1.54, 1.807) is 42.5 Å². The van der Waals surface area contributed by atoms with Crippen LogP contribution in [0.5, 0.6) is 11.5 Å². The summed E-state index contributed by atoms with van der Waals surface area (Å²) in [7, 11) is 0. The maximum Gasteiger partial charge on any atom is 0.301 e. The first-order valence-electron chi connectivity index (χ1n) is 13.7. The van der Waals surface area contributed by atoms with E-state index in [1.807, 2.05) is 31.2 Å². The third-order valence-electron chi connectivity index (χ3n) is 6.78. The van der Waals surface area contributed by atoms with Crippen molar-refractivity contribution >= 4 is 55.7 Å². The van der Waals surface area contributed by atoms with Crippen molar-refractivity contribution in [1.29, 1.82) is 0 Å². The molecule has 4 aromatic rings. The van der Waals surface area contributed by atoms with Crippen LogP contribution in [0, 0.1) is 0 Å². The molecule has 212 valence electrons. The number of anilines is 1. The average molecular weight is 591 g/mol. The van der Waals surface area contributed by atoms with Gasteiger partial charge in [-0.2, -0.15) is 0 Å². The first kappa shape index (κ1) is 28.6. The Morgan fingerprint density at radius 2 is 1.73 bits per heavy atom. The first-order chi connectivity index (χ1) is 19.9. The van der Waals surface area contributed by atoms with E-state index in [0.29, 0.717) is 51.5 Å². The molecular formula is C32H31ClN2O5S. The van der Waals surface area contributed by atoms with Crippen molar-refractivity contribution in [3.63, 3.8) is 0 Å². The van der Waals surface area contributed by atoms with Crippen LogP contribution in [-0.4, -0.2) is 35.0 Å². The second kappa shape index (κ2) is 12.7. The molecule has 9 heteroatoms. The number of aromatic nitrogens is 1. The second-order valence-corrected chi connectivity index (χ2v) is 11.2. The van der Waals surface area contributed by atoms with Crippen LogP contribution >= 0.6 is 22.9 Å². The van der Waals surface area contributed by atoms with Crippen molar-refractivity contribution in [2.75, 3.05) is 18.1 Å². The number of nitrogens with zero attached hydrogens (tertiary/aromatic N) is 2. The summed E-state index contributed by atoms with van der Waals surface area (Å²) in [5, 5.41) is 12.4. The highest BCUT2D eigenvalue weighted by Gasteiger charge is 2.48. The Morgan fingerprint density at radius 3 is 2.49 bits per heavy atom. The van der Waals surface area contributed by atoms with Crippen molar-refractivity contribution in [3.8, 4) is 11.5 Å². The lowest BCUT2D eigenvalue weighted by molar-refractivity contribution is -0.132. The van der Waals surface area contributed by atoms with Gasteiger partial charge < -0.3 is 14.6 Å². The summed E-state index contributed by atoms with van der Waals surface area (Å²) in [4.78, 5) is 33.2. The molecule has 1 saturated heterocycles. The predicted molar refractivity (Wildman–Crippen MR) is 163 cm³/mol. The standard InChI is InChI=1S/C32H31ClN2O5S/c1-3-5-6-17-40-23-13-10-20(11-14-23)28-27(29(36)21-8-7-9-24(18-21)39-16-4-2)30(37)31(38)35(28)32-34-25-15-12-22(33)19-26(25)41-32/h7-15,18-19,28,36H,3-6,16-17H2,1-2H3. The number of benzene rings is 3. The number of aliphatic hydroxyl groups excluding tert-OH is 1. The fourth-order valence-corrected chi connectivity index (χ4v) is 6.00. The minimum Gasteiger partial charge on any atom is -0.507 e. The van der Waals surface area contributed by atoms with Crippen molar-refractivity contribution in [2.24, 2.45) is 0 Å². The first-order valence-corrected chi connectivity index (χ1v) is 14.9. The summed E-state index contributed by atoms with van der Waals surface area (Å²) >= 11 is 7.45. The molecule has 2 heterocycles. The molecule has 1 N–H and O–H groups in total. The smallest absolute Gasteiger partial charge is 0.301 e. The Balaban J connectivity index is 1.59. The number of aliphatic hydroxyl groups is 1. The number of fused-ring (bicyclic) bond motifs is 1. The third-order valence-corrected chi connectivity index (χ3v) is 8.04. The van der Waals surface area contributed by atoms with Crippen LogP contribution in [0.4, 0.5) is 5.13 Å². The van der Waals surface area contributed by atoms with Crippen molar-refractivity contribution < 1.29 is 24.2 Å². The molecule has 3 aromatic carbocycles. The lowest BCUT2D eigenvalue weighted by atomic mass is 9.95. The van der Waals surface area contributed by atoms with Gasteiger partial charge in [0.25, 0.3) is 5.78 Å². The minimum atomic E-state index is -0.902. The number of ketones is 1. The second-order valence-electron chi connectivity index (χ2n) is 9.78. The van der Waals surface area contributed by atoms with Gasteiger partial charge in [-0.1, -0.05) is 73.9 Å². The molecule has 0 spiro atoms. The fourth-order valence-electron chi connectivity index (χ4n) is 4.73. The zero-order chi connectivity index (χ0) is 28.9. The predicted octanol–water partition coefficient (Wildman–Crippen LogP) is 7.93. The highest BCUT2D eigenvalue weighted by molar-refractivity contribution is 7.22. The number of ether oxygens (including phenoxy) is 2. The number of hydrogen-bond acceptors (Lipinski definition) is 7. The maximum absolute atomic E-state index is 13.6. The van der Waals surface area contributed by atoms with Gasteiger partial charge in [0.15, 0.2) is 5.13 Å². The monoisotopic (exact) mass is 590 g/mol. The highest BCUT2D eigenvalue weighted by Crippen LogP contribution is 2.45. The van der Waals surface area contributed by atoms with Gasteiger partial charge in [-0.05, 0) is 60.9 Å². The highest BCUT2D eigenvalue weighted by atomic mass is 35.5. The number of carbonyl (C=O) groups excluding carboxylic acids is 2. The molecule has 1 aliphatic rings. The summed E-state index contributed by atoms with van der Waals surface area (Å²) in [6.07, 6.45) is 3.98. The number of thiazole rings is 1. The molecule has 41 heavy (non-hydrogen) atoms. The molecule has 0 saturated carbocycles. The minimum absolute atomic E-state index is 0.0171. The van der Waals surface area contributed by atoms with E-state index in [4.69, 9.17) is 21.1 Å². The van der Waals surface area contributed by atoms with E-state index < -0.39 is 17.7 Å². The van der Waals surface area contributed by atoms with E-state index in [0.717, 1.165) is 30.4 Å². The molecule has 1 amide bonds. The number of halogens is 1. The number of rotatable bonds is 11. The normalized spacial score (nSPS) is 16.5. The Morgan fingerprint density at radius 1 is 0.951 bits per heavy atom. The molecule has 0 radical (unpaired) electrons. The summed E-state index contributed by atoms with van der Waals surface area (Å²) in [5.74, 6) is -0.571. The Hall–Kier alpha value is -3.88. The van der Waals surface area contributed by atoms with E-state index in [-0.39, 0.29) is 11.3 Å². The van der Waals surface area contributed by atoms with Crippen LogP contribution < -0.4 is 14.4 Å². The Kier molecular flexibility index (Phi) is 8.90. The quantitative estimate of drug-likeness (QED) is 0.0825. The lowest BCUT2D eigenvalue weighted by Gasteiger charge is -2.23. The number of Topliss-reactive ketones (excluding diaryl/α,β-unsaturated/α-hetero) is 1. The lowest BCUT2D eigenvalue weighted by Crippen LogP contribution is -2.29. The molecule has 5 rings (SSSR count). The maximum atomic E-state index is 13.6. The molecule has 0 aliphatic carbocycles. The van der Waals surface area contributed by atoms with E-state index in [1.165, 1.54) is 16.2 Å². The van der Waals surface area contributed by atoms with Gasteiger partial charge >= 0.3 is 5.91 Å². The zero-order valence-corrected chi connectivity index (χ0v) is 24.5. The molecule has 1 aliphatic heterocycles. The van der Waals surface area contributed by atoms with Gasteiger partial charge in [-0.15, -0.1) is 0 Å². The van der Waals surface area contributed by atoms with Crippen LogP contribution in [0.3, 0.4) is 0 Å². The third kappa shape index (κ3) is 6.09. The molecule has 7 nitrogen and oxygen atoms in total. The average Bonchev–Trinajstić information content (AvgIpc) is 3.51. The molecule has 0 bridgehead atoms. The van der Waals surface area contributed by atoms with Crippen molar-refractivity contribution in [1.82, 2.24) is 4.98 Å². The number of carbonyl (C=O) groups is 2. The number of unbranched alkanes of at least 4 members (excludes halogenated alkanes) is 2. The van der Waals surface area contributed by atoms with Gasteiger partial charge in [0, 0.05) is 10.6 Å². The van der Waals surface area contributed by atoms with Crippen LogP contribution in [0.15, 0.2) is 72.3 Å². The molecular weight excluding hydrogens is 560 g/mol. The van der Waals surface area contributed by atoms with Gasteiger partial charge in [-0.3, -0.25) is 14.5 Å². The van der Waals surface area contributed by atoms with Crippen LogP contribution in [0.25, 0.3) is 16.0 Å². The summed E-state index contributed by atoms with van der Waals surface area (Å²) in [5.41, 5.74) is 1.67. The molecule has 1 atom stereocenters. The molecule has 1 fully saturated rings. The van der Waals surface area contributed by atoms with Crippen LogP contribution in [0.2, 0.25) is 5.02 Å². The van der Waals surface area contributed by atoms with Crippen molar-refractivity contribution in [2.45, 2.75) is 45.6 Å². The van der Waals surface area contributed by atoms with Gasteiger partial charge in [0.1, 0.15) is 17.3 Å². The zero-order valence-electron chi connectivity index (χ0n) is 22.9. The Labute approximate surface area is 248 Å². The van der Waals surface area contributed by atoms with Gasteiger partial charge in [0.2, 0.25) is 0 Å². The topological polar surface area (TPSA) is 89.0 Å². The van der Waals surface area contributed by atoms with E-state index >= 15 is 0 Å². The van der Waals surface area contributed by atoms with Gasteiger partial charge in [0.05, 0.1) is 35.0 Å². The molecule has 1 unspecified atom stereocenters. The molecule has 1 aromatic heterocycles.